The van der Waals surface area contributed by atoms with Gasteiger partial charge in [-0.15, -0.1) is 0 Å². The van der Waals surface area contributed by atoms with E-state index in [0.29, 0.717) is 17.4 Å². The van der Waals surface area contributed by atoms with Gasteiger partial charge in [-0.3, -0.25) is 0 Å². The molecular formula is C34H32N2O3. The first-order chi connectivity index (χ1) is 18.7. The van der Waals surface area contributed by atoms with Gasteiger partial charge in [-0.2, -0.15) is 0 Å². The minimum atomic E-state index is -1.09. The van der Waals surface area contributed by atoms with Crippen molar-refractivity contribution in [3.63, 3.8) is 0 Å². The fourth-order valence-corrected chi connectivity index (χ4v) is 6.74. The van der Waals surface area contributed by atoms with Crippen LogP contribution in [-0.2, 0) is 10.3 Å². The molecule has 1 N–H and O–H groups in total. The van der Waals surface area contributed by atoms with Gasteiger partial charge >= 0.3 is 5.97 Å². The number of rotatable bonds is 3. The van der Waals surface area contributed by atoms with Crippen LogP contribution in [0.5, 0.6) is 11.5 Å². The van der Waals surface area contributed by atoms with Gasteiger partial charge in [0, 0.05) is 52.4 Å². The predicted molar refractivity (Wildman–Crippen MR) is 154 cm³/mol. The second-order valence-corrected chi connectivity index (χ2v) is 11.9. The number of ether oxygens (including phenoxy) is 2. The maximum Gasteiger partial charge on any atom is 0.340 e. The molecule has 5 heteroatoms. The van der Waals surface area contributed by atoms with E-state index in [1.807, 2.05) is 60.7 Å². The van der Waals surface area contributed by atoms with Crippen LogP contribution in [0.15, 0.2) is 84.9 Å². The standard InChI is InChI=1S/C34H32N2O3/c1-21-16-30-28(18-29(21)35-23-10-6-5-7-11-23)34(26-13-9-8-12-25(26)32(37)39-34)27-15-14-24(17-31(27)38-30)36-20-33(3,4)19-22(36)2/h5-18,22,35H,19-20H2,1-4H3. The number of esters is 1. The Bertz CT molecular complexity index is 1630. The number of anilines is 3. The van der Waals surface area contributed by atoms with Crippen LogP contribution >= 0.6 is 0 Å². The molecule has 3 heterocycles. The van der Waals surface area contributed by atoms with Gasteiger partial charge in [-0.05, 0) is 73.7 Å². The van der Waals surface area contributed by atoms with Crippen LogP contribution in [0.2, 0.25) is 0 Å². The molecule has 3 aliphatic rings. The molecule has 5 nitrogen and oxygen atoms in total. The second-order valence-electron chi connectivity index (χ2n) is 11.9. The van der Waals surface area contributed by atoms with Gasteiger partial charge in [0.2, 0.25) is 0 Å². The lowest BCUT2D eigenvalue weighted by atomic mass is 9.77. The Hall–Kier alpha value is -4.25. The van der Waals surface area contributed by atoms with E-state index >= 15 is 0 Å². The van der Waals surface area contributed by atoms with E-state index in [2.05, 4.69) is 62.2 Å². The van der Waals surface area contributed by atoms with Crippen LogP contribution in [0.25, 0.3) is 0 Å². The van der Waals surface area contributed by atoms with E-state index in [4.69, 9.17) is 9.47 Å². The monoisotopic (exact) mass is 516 g/mol. The normalized spacial score (nSPS) is 22.1. The Labute approximate surface area is 229 Å². The van der Waals surface area contributed by atoms with E-state index in [1.54, 1.807) is 0 Å². The van der Waals surface area contributed by atoms with Gasteiger partial charge in [-0.25, -0.2) is 4.79 Å². The fourth-order valence-electron chi connectivity index (χ4n) is 6.74. The summed E-state index contributed by atoms with van der Waals surface area (Å²) in [5, 5.41) is 3.54. The topological polar surface area (TPSA) is 50.8 Å². The summed E-state index contributed by atoms with van der Waals surface area (Å²) in [6.07, 6.45) is 1.14. The number of benzene rings is 4. The first kappa shape index (κ1) is 23.8. The third-order valence-electron chi connectivity index (χ3n) is 8.41. The smallest absolute Gasteiger partial charge is 0.340 e. The summed E-state index contributed by atoms with van der Waals surface area (Å²) in [5.41, 5.74) is 6.36. The molecule has 2 atom stereocenters. The van der Waals surface area contributed by atoms with Crippen LogP contribution in [0.1, 0.15) is 59.8 Å². The number of carbonyl (C=O) groups is 1. The van der Waals surface area contributed by atoms with Gasteiger partial charge < -0.3 is 19.7 Å². The minimum Gasteiger partial charge on any atom is -0.456 e. The summed E-state index contributed by atoms with van der Waals surface area (Å²) in [7, 11) is 0. The Morgan fingerprint density at radius 1 is 0.872 bits per heavy atom. The number of hydrogen-bond donors (Lipinski definition) is 1. The lowest BCUT2D eigenvalue weighted by Gasteiger charge is -2.38. The Kier molecular flexibility index (Phi) is 5.12. The summed E-state index contributed by atoms with van der Waals surface area (Å²) < 4.78 is 13.1. The Morgan fingerprint density at radius 3 is 2.38 bits per heavy atom. The van der Waals surface area contributed by atoms with Crippen molar-refractivity contribution in [3.8, 4) is 11.5 Å². The minimum absolute atomic E-state index is 0.253. The molecule has 39 heavy (non-hydrogen) atoms. The zero-order valence-corrected chi connectivity index (χ0v) is 22.7. The van der Waals surface area contributed by atoms with E-state index < -0.39 is 5.60 Å². The lowest BCUT2D eigenvalue weighted by Crippen LogP contribution is -2.34. The van der Waals surface area contributed by atoms with Crippen molar-refractivity contribution < 1.29 is 14.3 Å². The van der Waals surface area contributed by atoms with Gasteiger partial charge in [0.05, 0.1) is 5.56 Å². The van der Waals surface area contributed by atoms with E-state index in [0.717, 1.165) is 58.0 Å². The van der Waals surface area contributed by atoms with E-state index in [1.165, 1.54) is 0 Å². The molecule has 0 radical (unpaired) electrons. The van der Waals surface area contributed by atoms with Gasteiger partial charge in [0.1, 0.15) is 11.5 Å². The third kappa shape index (κ3) is 3.63. The molecule has 7 rings (SSSR count). The second kappa shape index (κ2) is 8.37. The average Bonchev–Trinajstić information content (AvgIpc) is 3.37. The van der Waals surface area contributed by atoms with Gasteiger partial charge in [-0.1, -0.05) is 50.2 Å². The number of aryl methyl sites for hydroxylation is 1. The van der Waals surface area contributed by atoms with Gasteiger partial charge in [0.25, 0.3) is 0 Å². The molecule has 1 spiro atoms. The quantitative estimate of drug-likeness (QED) is 0.280. The predicted octanol–water partition coefficient (Wildman–Crippen LogP) is 7.93. The number of para-hydroxylation sites is 1. The Morgan fingerprint density at radius 2 is 1.62 bits per heavy atom. The van der Waals surface area contributed by atoms with Crippen molar-refractivity contribution in [2.24, 2.45) is 5.41 Å². The number of carbonyl (C=O) groups excluding carboxylic acids is 1. The van der Waals surface area contributed by atoms with Crippen LogP contribution in [0.3, 0.4) is 0 Å². The van der Waals surface area contributed by atoms with Crippen LogP contribution < -0.4 is 15.0 Å². The highest BCUT2D eigenvalue weighted by molar-refractivity contribution is 5.97. The fraction of sp³-hybridized carbons (Fsp3) is 0.265. The van der Waals surface area contributed by atoms with E-state index in [9.17, 15) is 4.79 Å². The van der Waals surface area contributed by atoms with Crippen LogP contribution in [0, 0.1) is 12.3 Å². The number of nitrogens with one attached hydrogen (secondary N) is 1. The molecular weight excluding hydrogens is 484 g/mol. The highest BCUT2D eigenvalue weighted by Crippen LogP contribution is 2.57. The molecule has 1 fully saturated rings. The zero-order chi connectivity index (χ0) is 26.9. The average molecular weight is 517 g/mol. The molecule has 3 aliphatic heterocycles. The first-order valence-corrected chi connectivity index (χ1v) is 13.6. The molecule has 4 aromatic rings. The maximum atomic E-state index is 13.3. The molecule has 1 saturated heterocycles. The summed E-state index contributed by atoms with van der Waals surface area (Å²) >= 11 is 0. The van der Waals surface area contributed by atoms with E-state index in [-0.39, 0.29) is 11.4 Å². The number of fused-ring (bicyclic) bond motifs is 6. The van der Waals surface area contributed by atoms with Crippen molar-refractivity contribution in [3.05, 3.63) is 113 Å². The maximum absolute atomic E-state index is 13.3. The summed E-state index contributed by atoms with van der Waals surface area (Å²) in [6, 6.07) is 28.7. The Balaban J connectivity index is 1.41. The molecule has 0 amide bonds. The summed E-state index contributed by atoms with van der Waals surface area (Å²) in [6.45, 7) is 9.98. The molecule has 196 valence electrons. The largest absolute Gasteiger partial charge is 0.456 e. The van der Waals surface area contributed by atoms with Crippen molar-refractivity contribution >= 4 is 23.0 Å². The summed E-state index contributed by atoms with van der Waals surface area (Å²) in [4.78, 5) is 15.8. The van der Waals surface area contributed by atoms with Crippen molar-refractivity contribution in [1.29, 1.82) is 0 Å². The highest BCUT2D eigenvalue weighted by atomic mass is 16.6. The molecule has 4 aromatic carbocycles. The summed E-state index contributed by atoms with van der Waals surface area (Å²) in [5.74, 6) is 1.11. The number of hydrogen-bond acceptors (Lipinski definition) is 5. The van der Waals surface area contributed by atoms with Crippen molar-refractivity contribution in [2.75, 3.05) is 16.8 Å². The van der Waals surface area contributed by atoms with Crippen LogP contribution in [-0.4, -0.2) is 18.6 Å². The molecule has 0 bridgehead atoms. The molecule has 0 aliphatic carbocycles. The third-order valence-corrected chi connectivity index (χ3v) is 8.41. The zero-order valence-electron chi connectivity index (χ0n) is 22.7. The highest BCUT2D eigenvalue weighted by Gasteiger charge is 2.54. The van der Waals surface area contributed by atoms with Crippen molar-refractivity contribution in [2.45, 2.75) is 45.8 Å². The first-order valence-electron chi connectivity index (χ1n) is 13.6. The van der Waals surface area contributed by atoms with Gasteiger partial charge in [0.15, 0.2) is 5.60 Å². The SMILES string of the molecule is Cc1cc2c(cc1Nc1ccccc1)C1(OC(=O)c3ccccc31)c1ccc(N3CC(C)(C)CC3C)cc1O2. The lowest BCUT2D eigenvalue weighted by molar-refractivity contribution is 0.0224. The molecule has 0 aromatic heterocycles. The van der Waals surface area contributed by atoms with Crippen LogP contribution in [0.4, 0.5) is 17.1 Å². The van der Waals surface area contributed by atoms with Crippen molar-refractivity contribution in [1.82, 2.24) is 0 Å². The molecule has 2 unspecified atom stereocenters. The molecule has 0 saturated carbocycles. The number of nitrogens with zero attached hydrogens (tertiary/aromatic N) is 1.